The van der Waals surface area contributed by atoms with Crippen LogP contribution < -0.4 is 14.8 Å². The fourth-order valence-electron chi connectivity index (χ4n) is 1.57. The second-order valence-electron chi connectivity index (χ2n) is 4.06. The van der Waals surface area contributed by atoms with E-state index in [4.69, 9.17) is 9.47 Å². The number of nitrogens with one attached hydrogen (secondary N) is 1. The minimum Gasteiger partial charge on any atom is -0.497 e. The molecule has 19 heavy (non-hydrogen) atoms. The van der Waals surface area contributed by atoms with Gasteiger partial charge >= 0.3 is 0 Å². The number of ether oxygens (including phenoxy) is 2. The lowest BCUT2D eigenvalue weighted by molar-refractivity contribution is 0.233. The second-order valence-corrected chi connectivity index (χ2v) is 4.06. The third kappa shape index (κ3) is 4.13. The van der Waals surface area contributed by atoms with E-state index in [0.717, 1.165) is 11.5 Å². The number of anilines is 1. The Kier molecular flexibility index (Phi) is 4.55. The van der Waals surface area contributed by atoms with Crippen LogP contribution in [-0.2, 0) is 0 Å². The number of nitrogens with zero attached hydrogens (tertiary/aromatic N) is 2. The van der Waals surface area contributed by atoms with E-state index < -0.39 is 0 Å². The van der Waals surface area contributed by atoms with Crippen LogP contribution in [0.2, 0.25) is 0 Å². The van der Waals surface area contributed by atoms with E-state index in [-0.39, 0.29) is 6.10 Å². The molecule has 1 aromatic heterocycles. The van der Waals surface area contributed by atoms with E-state index >= 15 is 0 Å². The van der Waals surface area contributed by atoms with Crippen LogP contribution in [0.15, 0.2) is 42.7 Å². The molecular weight excluding hydrogens is 242 g/mol. The van der Waals surface area contributed by atoms with Crippen molar-refractivity contribution in [1.29, 1.82) is 0 Å². The molecular formula is C14H17N3O2. The van der Waals surface area contributed by atoms with Crippen molar-refractivity contribution in [1.82, 2.24) is 9.97 Å². The topological polar surface area (TPSA) is 56.3 Å². The van der Waals surface area contributed by atoms with E-state index in [1.54, 1.807) is 25.6 Å². The van der Waals surface area contributed by atoms with Crippen molar-refractivity contribution >= 4 is 5.95 Å². The van der Waals surface area contributed by atoms with Crippen molar-refractivity contribution < 1.29 is 9.47 Å². The monoisotopic (exact) mass is 259 g/mol. The van der Waals surface area contributed by atoms with Gasteiger partial charge in [-0.25, -0.2) is 9.97 Å². The first-order valence-electron chi connectivity index (χ1n) is 6.09. The molecule has 1 atom stereocenters. The molecule has 0 aliphatic carbocycles. The van der Waals surface area contributed by atoms with Crippen LogP contribution in [0.5, 0.6) is 11.5 Å². The molecule has 0 bridgehead atoms. The van der Waals surface area contributed by atoms with Crippen molar-refractivity contribution in [2.75, 3.05) is 19.0 Å². The Morgan fingerprint density at radius 2 is 1.89 bits per heavy atom. The predicted octanol–water partition coefficient (Wildman–Crippen LogP) is 2.36. The number of aromatic nitrogens is 2. The molecule has 100 valence electrons. The van der Waals surface area contributed by atoms with E-state index in [0.29, 0.717) is 12.5 Å². The van der Waals surface area contributed by atoms with Crippen molar-refractivity contribution in [3.8, 4) is 11.5 Å². The van der Waals surface area contributed by atoms with Crippen LogP contribution in [0.1, 0.15) is 6.92 Å². The van der Waals surface area contributed by atoms with Gasteiger partial charge in [-0.15, -0.1) is 0 Å². The summed E-state index contributed by atoms with van der Waals surface area (Å²) in [5.74, 6) is 2.16. The Morgan fingerprint density at radius 1 is 1.16 bits per heavy atom. The van der Waals surface area contributed by atoms with Crippen LogP contribution in [0.3, 0.4) is 0 Å². The summed E-state index contributed by atoms with van der Waals surface area (Å²) >= 11 is 0. The quantitative estimate of drug-likeness (QED) is 0.863. The first kappa shape index (κ1) is 13.1. The highest BCUT2D eigenvalue weighted by Gasteiger charge is 2.05. The van der Waals surface area contributed by atoms with Gasteiger partial charge in [0.25, 0.3) is 0 Å². The van der Waals surface area contributed by atoms with Crippen LogP contribution in [0.25, 0.3) is 0 Å². The van der Waals surface area contributed by atoms with Crippen molar-refractivity contribution in [3.63, 3.8) is 0 Å². The molecule has 0 amide bonds. The minimum absolute atomic E-state index is 0.00378. The van der Waals surface area contributed by atoms with Crippen LogP contribution >= 0.6 is 0 Å². The SMILES string of the molecule is COc1cccc(O[C@H](C)CNc2ncccn2)c1. The van der Waals surface area contributed by atoms with Crippen molar-refractivity contribution in [2.45, 2.75) is 13.0 Å². The summed E-state index contributed by atoms with van der Waals surface area (Å²) in [6, 6.07) is 9.32. The highest BCUT2D eigenvalue weighted by atomic mass is 16.5. The molecule has 0 radical (unpaired) electrons. The van der Waals surface area contributed by atoms with E-state index in [2.05, 4.69) is 15.3 Å². The van der Waals surface area contributed by atoms with Gasteiger partial charge in [-0.1, -0.05) is 6.07 Å². The fraction of sp³-hybridized carbons (Fsp3) is 0.286. The second kappa shape index (κ2) is 6.58. The summed E-state index contributed by atoms with van der Waals surface area (Å²) in [7, 11) is 1.64. The Morgan fingerprint density at radius 3 is 2.63 bits per heavy atom. The summed E-state index contributed by atoms with van der Waals surface area (Å²) in [6.07, 6.45) is 3.39. The molecule has 2 aromatic rings. The summed E-state index contributed by atoms with van der Waals surface area (Å²) < 4.78 is 10.9. The smallest absolute Gasteiger partial charge is 0.222 e. The minimum atomic E-state index is -0.00378. The molecule has 1 N–H and O–H groups in total. The number of rotatable bonds is 6. The van der Waals surface area contributed by atoms with Gasteiger partial charge in [0.15, 0.2) is 0 Å². The molecule has 1 aromatic carbocycles. The Labute approximate surface area is 112 Å². The Bertz CT molecular complexity index is 505. The predicted molar refractivity (Wildman–Crippen MR) is 73.6 cm³/mol. The van der Waals surface area contributed by atoms with Gasteiger partial charge < -0.3 is 14.8 Å². The highest BCUT2D eigenvalue weighted by Crippen LogP contribution is 2.19. The Hall–Kier alpha value is -2.30. The van der Waals surface area contributed by atoms with Gasteiger partial charge in [0.1, 0.15) is 17.6 Å². The maximum Gasteiger partial charge on any atom is 0.222 e. The van der Waals surface area contributed by atoms with Crippen LogP contribution in [-0.4, -0.2) is 29.7 Å². The molecule has 0 saturated carbocycles. The number of hydrogen-bond donors (Lipinski definition) is 1. The first-order valence-corrected chi connectivity index (χ1v) is 6.09. The van der Waals surface area contributed by atoms with E-state index in [1.165, 1.54) is 0 Å². The average molecular weight is 259 g/mol. The molecule has 5 nitrogen and oxygen atoms in total. The zero-order chi connectivity index (χ0) is 13.5. The molecule has 1 heterocycles. The third-order valence-electron chi connectivity index (χ3n) is 2.49. The zero-order valence-corrected chi connectivity index (χ0v) is 11.0. The summed E-state index contributed by atoms with van der Waals surface area (Å²) in [4.78, 5) is 8.17. The lowest BCUT2D eigenvalue weighted by Gasteiger charge is -2.15. The molecule has 0 aliphatic rings. The maximum atomic E-state index is 5.78. The number of methoxy groups -OCH3 is 1. The van der Waals surface area contributed by atoms with E-state index in [1.807, 2.05) is 31.2 Å². The maximum absolute atomic E-state index is 5.78. The highest BCUT2D eigenvalue weighted by molar-refractivity contribution is 5.33. The Balaban J connectivity index is 1.85. The summed E-state index contributed by atoms with van der Waals surface area (Å²) in [5, 5.41) is 3.11. The molecule has 0 aliphatic heterocycles. The summed E-state index contributed by atoms with van der Waals surface area (Å²) in [6.45, 7) is 2.61. The van der Waals surface area contributed by atoms with Gasteiger partial charge in [0, 0.05) is 18.5 Å². The fourth-order valence-corrected chi connectivity index (χ4v) is 1.57. The average Bonchev–Trinajstić information content (AvgIpc) is 2.46. The lowest BCUT2D eigenvalue weighted by atomic mass is 10.3. The van der Waals surface area contributed by atoms with E-state index in [9.17, 15) is 0 Å². The number of hydrogen-bond acceptors (Lipinski definition) is 5. The van der Waals surface area contributed by atoms with Gasteiger partial charge in [-0.2, -0.15) is 0 Å². The van der Waals surface area contributed by atoms with Gasteiger partial charge in [0.05, 0.1) is 13.7 Å². The zero-order valence-electron chi connectivity index (χ0n) is 11.0. The molecule has 5 heteroatoms. The third-order valence-corrected chi connectivity index (χ3v) is 2.49. The molecule has 0 saturated heterocycles. The molecule has 0 unspecified atom stereocenters. The molecule has 0 spiro atoms. The summed E-state index contributed by atoms with van der Waals surface area (Å²) in [5.41, 5.74) is 0. The van der Waals surface area contributed by atoms with Gasteiger partial charge in [-0.3, -0.25) is 0 Å². The largest absolute Gasteiger partial charge is 0.497 e. The first-order chi connectivity index (χ1) is 9.28. The normalized spacial score (nSPS) is 11.7. The standard InChI is InChI=1S/C14H17N3O2/c1-11(10-17-14-15-7-4-8-16-14)19-13-6-3-5-12(9-13)18-2/h3-9,11H,10H2,1-2H3,(H,15,16,17)/t11-/m1/s1. The van der Waals surface area contributed by atoms with Crippen LogP contribution in [0.4, 0.5) is 5.95 Å². The van der Waals surface area contributed by atoms with Gasteiger partial charge in [-0.05, 0) is 25.1 Å². The number of benzene rings is 1. The van der Waals surface area contributed by atoms with Crippen molar-refractivity contribution in [3.05, 3.63) is 42.7 Å². The van der Waals surface area contributed by atoms with Gasteiger partial charge in [0.2, 0.25) is 5.95 Å². The molecule has 0 fully saturated rings. The van der Waals surface area contributed by atoms with Crippen molar-refractivity contribution in [2.24, 2.45) is 0 Å². The van der Waals surface area contributed by atoms with Crippen LogP contribution in [0, 0.1) is 0 Å². The lowest BCUT2D eigenvalue weighted by Crippen LogP contribution is -2.23. The molecule has 2 rings (SSSR count).